The highest BCUT2D eigenvalue weighted by molar-refractivity contribution is 5.91. The van der Waals surface area contributed by atoms with E-state index < -0.39 is 0 Å². The van der Waals surface area contributed by atoms with Crippen molar-refractivity contribution >= 4 is 18.0 Å². The van der Waals surface area contributed by atoms with Crippen LogP contribution in [0.2, 0.25) is 0 Å². The van der Waals surface area contributed by atoms with Crippen molar-refractivity contribution < 1.29 is 23.5 Å². The summed E-state index contributed by atoms with van der Waals surface area (Å²) in [6.07, 6.45) is 12.6. The summed E-state index contributed by atoms with van der Waals surface area (Å²) in [7, 11) is 1.83. The third kappa shape index (κ3) is 5.13. The van der Waals surface area contributed by atoms with Crippen molar-refractivity contribution in [2.24, 2.45) is 5.92 Å². The molecule has 7 heteroatoms. The molecule has 3 fully saturated rings. The second kappa shape index (κ2) is 10.2. The summed E-state index contributed by atoms with van der Waals surface area (Å²) in [4.78, 5) is 27.0. The van der Waals surface area contributed by atoms with Crippen molar-refractivity contribution in [1.82, 2.24) is 10.2 Å². The Bertz CT molecular complexity index is 1110. The molecule has 3 aliphatic rings. The molecule has 0 radical (unpaired) electrons. The molecule has 3 atom stereocenters. The Kier molecular flexibility index (Phi) is 7.04. The summed E-state index contributed by atoms with van der Waals surface area (Å²) in [5.74, 6) is 0.923. The molecule has 2 saturated carbocycles. The Morgan fingerprint density at radius 1 is 1.22 bits per heavy atom. The van der Waals surface area contributed by atoms with Gasteiger partial charge in [-0.15, -0.1) is 0 Å². The molecule has 1 aliphatic heterocycles. The fourth-order valence-electron chi connectivity index (χ4n) is 6.35. The molecule has 192 valence electrons. The predicted octanol–water partition coefficient (Wildman–Crippen LogP) is 4.33. The number of piperidine rings is 1. The van der Waals surface area contributed by atoms with Crippen LogP contribution >= 0.6 is 0 Å². The average Bonchev–Trinajstić information content (AvgIpc) is 3.52. The average molecular weight is 493 g/mol. The fourth-order valence-corrected chi connectivity index (χ4v) is 6.35. The summed E-state index contributed by atoms with van der Waals surface area (Å²) in [6, 6.07) is 9.73. The van der Waals surface area contributed by atoms with Crippen LogP contribution in [0.25, 0.3) is 6.08 Å². The van der Waals surface area contributed by atoms with Crippen LogP contribution in [0.1, 0.15) is 56.6 Å². The van der Waals surface area contributed by atoms with Crippen LogP contribution < -0.4 is 10.1 Å². The first-order valence-corrected chi connectivity index (χ1v) is 13.0. The molecule has 1 amide bonds. The number of likely N-dealkylation sites (tertiary alicyclic amines) is 1. The Balaban J connectivity index is 1.42. The lowest BCUT2D eigenvalue weighted by Gasteiger charge is -2.60. The summed E-state index contributed by atoms with van der Waals surface area (Å²) < 4.78 is 17.0. The molecule has 0 unspecified atom stereocenters. The number of hydrogen-bond acceptors (Lipinski definition) is 6. The van der Waals surface area contributed by atoms with E-state index in [-0.39, 0.29) is 28.9 Å². The molecular weight excluding hydrogens is 456 g/mol. The molecule has 5 rings (SSSR count). The number of esters is 1. The maximum Gasteiger partial charge on any atom is 0.308 e. The smallest absolute Gasteiger partial charge is 0.308 e. The number of hydrogen-bond donors (Lipinski definition) is 1. The molecule has 1 aromatic heterocycles. The Hall–Kier alpha value is -2.90. The normalized spacial score (nSPS) is 28.6. The van der Waals surface area contributed by atoms with Gasteiger partial charge in [-0.1, -0.05) is 12.1 Å². The van der Waals surface area contributed by atoms with E-state index in [9.17, 15) is 9.59 Å². The highest BCUT2D eigenvalue weighted by Crippen LogP contribution is 2.54. The van der Waals surface area contributed by atoms with Crippen LogP contribution in [0.5, 0.6) is 5.75 Å². The van der Waals surface area contributed by atoms with Gasteiger partial charge in [-0.05, 0) is 80.8 Å². The zero-order valence-corrected chi connectivity index (χ0v) is 21.2. The van der Waals surface area contributed by atoms with Crippen molar-refractivity contribution in [3.05, 3.63) is 60.1 Å². The number of carbonyl (C=O) groups excluding carboxylic acids is 2. The van der Waals surface area contributed by atoms with Gasteiger partial charge >= 0.3 is 5.97 Å². The van der Waals surface area contributed by atoms with E-state index in [4.69, 9.17) is 13.9 Å². The maximum absolute atomic E-state index is 12.8. The molecule has 36 heavy (non-hydrogen) atoms. The Morgan fingerprint density at radius 2 is 2.08 bits per heavy atom. The van der Waals surface area contributed by atoms with E-state index in [1.165, 1.54) is 19.8 Å². The Morgan fingerprint density at radius 3 is 2.81 bits per heavy atom. The number of methoxy groups -OCH3 is 1. The van der Waals surface area contributed by atoms with Crippen molar-refractivity contribution in [3.8, 4) is 5.75 Å². The van der Waals surface area contributed by atoms with E-state index in [0.717, 1.165) is 62.4 Å². The van der Waals surface area contributed by atoms with Gasteiger partial charge in [-0.2, -0.15) is 0 Å². The highest BCUT2D eigenvalue weighted by Gasteiger charge is 2.59. The number of benzene rings is 1. The van der Waals surface area contributed by atoms with Gasteiger partial charge in [-0.25, -0.2) is 0 Å². The lowest BCUT2D eigenvalue weighted by Crippen LogP contribution is -2.68. The minimum Gasteiger partial charge on any atom is -0.472 e. The van der Waals surface area contributed by atoms with Gasteiger partial charge in [0.05, 0.1) is 18.1 Å². The van der Waals surface area contributed by atoms with Crippen molar-refractivity contribution in [3.63, 3.8) is 0 Å². The van der Waals surface area contributed by atoms with Crippen LogP contribution in [0, 0.1) is 5.92 Å². The Labute approximate surface area is 212 Å². The van der Waals surface area contributed by atoms with Gasteiger partial charge in [0.25, 0.3) is 0 Å². The van der Waals surface area contributed by atoms with Crippen molar-refractivity contribution in [1.29, 1.82) is 0 Å². The van der Waals surface area contributed by atoms with E-state index in [2.05, 4.69) is 16.3 Å². The molecule has 2 aromatic rings. The second-order valence-corrected chi connectivity index (χ2v) is 10.7. The monoisotopic (exact) mass is 492 g/mol. The lowest BCUT2D eigenvalue weighted by molar-refractivity contribution is -0.150. The summed E-state index contributed by atoms with van der Waals surface area (Å²) in [5.41, 5.74) is 1.29. The number of furan rings is 1. The van der Waals surface area contributed by atoms with E-state index in [0.29, 0.717) is 5.75 Å². The van der Waals surface area contributed by atoms with E-state index in [1.54, 1.807) is 24.7 Å². The van der Waals surface area contributed by atoms with Crippen LogP contribution in [-0.4, -0.2) is 55.2 Å². The number of ether oxygens (including phenoxy) is 2. The molecule has 0 bridgehead atoms. The third-order valence-electron chi connectivity index (χ3n) is 8.27. The first-order chi connectivity index (χ1) is 17.4. The largest absolute Gasteiger partial charge is 0.472 e. The second-order valence-electron chi connectivity index (χ2n) is 10.7. The zero-order valence-electron chi connectivity index (χ0n) is 21.2. The maximum atomic E-state index is 12.8. The first-order valence-electron chi connectivity index (χ1n) is 13.0. The number of fused-ring (bicyclic) bond motifs is 1. The number of nitrogens with zero attached hydrogens (tertiary/aromatic N) is 1. The standard InChI is InChI=1S/C29H36N2O5/c1-21(32)36-26-5-3-4-24(16-26)28-13-14-31(18-22-6-7-22)20-29(28,34-2)12-10-25(17-28)30-27(33)9-8-23-11-15-35-19-23/h3-5,8-9,11,15-16,19,22,25H,6-7,10,12-14,17-18,20H2,1-2H3,(H,30,33)/b9-8+/t25-,28+,29+/m1/s1. The number of carbonyl (C=O) groups is 2. The topological polar surface area (TPSA) is 81.0 Å². The first kappa shape index (κ1) is 24.8. The van der Waals surface area contributed by atoms with Gasteiger partial charge in [-0.3, -0.25) is 9.59 Å². The fraction of sp³-hybridized carbons (Fsp3) is 0.517. The van der Waals surface area contributed by atoms with Gasteiger partial charge in [0.1, 0.15) is 5.75 Å². The van der Waals surface area contributed by atoms with E-state index >= 15 is 0 Å². The third-order valence-corrected chi connectivity index (χ3v) is 8.27. The lowest BCUT2D eigenvalue weighted by atomic mass is 9.55. The molecule has 0 spiro atoms. The minimum atomic E-state index is -0.372. The number of nitrogens with one attached hydrogen (secondary N) is 1. The van der Waals surface area contributed by atoms with Crippen molar-refractivity contribution in [2.45, 2.75) is 62.5 Å². The molecule has 1 saturated heterocycles. The van der Waals surface area contributed by atoms with E-state index in [1.807, 2.05) is 31.4 Å². The van der Waals surface area contributed by atoms with Crippen LogP contribution in [-0.2, 0) is 19.7 Å². The molecule has 1 N–H and O–H groups in total. The highest BCUT2D eigenvalue weighted by atomic mass is 16.5. The molecule has 7 nitrogen and oxygen atoms in total. The molecule has 2 heterocycles. The van der Waals surface area contributed by atoms with Crippen LogP contribution in [0.4, 0.5) is 0 Å². The number of amides is 1. The van der Waals surface area contributed by atoms with Gasteiger partial charge in [0.2, 0.25) is 5.91 Å². The van der Waals surface area contributed by atoms with Gasteiger partial charge in [0.15, 0.2) is 0 Å². The molecular formula is C29H36N2O5. The zero-order chi connectivity index (χ0) is 25.2. The van der Waals surface area contributed by atoms with Crippen LogP contribution in [0.15, 0.2) is 53.4 Å². The summed E-state index contributed by atoms with van der Waals surface area (Å²) in [6.45, 7) is 4.41. The SMILES string of the molecule is CO[C@]12CC[C@@H](NC(=O)/C=C/c3ccoc3)C[C@]1(c1cccc(OC(C)=O)c1)CCN(CC1CC1)C2. The quantitative estimate of drug-likeness (QED) is 0.336. The van der Waals surface area contributed by atoms with Crippen molar-refractivity contribution in [2.75, 3.05) is 26.7 Å². The predicted molar refractivity (Wildman–Crippen MR) is 136 cm³/mol. The summed E-state index contributed by atoms with van der Waals surface area (Å²) >= 11 is 0. The molecule has 1 aromatic carbocycles. The van der Waals surface area contributed by atoms with Gasteiger partial charge in [0, 0.05) is 50.2 Å². The minimum absolute atomic E-state index is 0.0159. The number of rotatable bonds is 8. The molecule has 2 aliphatic carbocycles. The summed E-state index contributed by atoms with van der Waals surface area (Å²) in [5, 5.41) is 3.24. The van der Waals surface area contributed by atoms with Gasteiger partial charge < -0.3 is 24.1 Å². The van der Waals surface area contributed by atoms with Crippen LogP contribution in [0.3, 0.4) is 0 Å².